The van der Waals surface area contributed by atoms with Gasteiger partial charge in [0.25, 0.3) is 5.91 Å². The molecule has 0 fully saturated rings. The lowest BCUT2D eigenvalue weighted by Crippen LogP contribution is -2.31. The van der Waals surface area contributed by atoms with E-state index in [2.05, 4.69) is 10.1 Å². The summed E-state index contributed by atoms with van der Waals surface area (Å²) in [5.41, 5.74) is 0.635. The number of amides is 1. The molecule has 0 heterocycles. The maximum absolute atomic E-state index is 12.9. The van der Waals surface area contributed by atoms with E-state index in [1.807, 2.05) is 0 Å². The average Bonchev–Trinajstić information content (AvgIpc) is 2.72. The summed E-state index contributed by atoms with van der Waals surface area (Å²) in [6.45, 7) is 3.94. The van der Waals surface area contributed by atoms with E-state index in [1.165, 1.54) is 41.7 Å². The Labute approximate surface area is 178 Å². The van der Waals surface area contributed by atoms with Crippen LogP contribution in [0, 0.1) is 0 Å². The van der Waals surface area contributed by atoms with Crippen molar-refractivity contribution in [3.8, 4) is 11.5 Å². The fraction of sp³-hybridized carbons (Fsp3) is 0.350. The van der Waals surface area contributed by atoms with E-state index in [9.17, 15) is 26.4 Å². The summed E-state index contributed by atoms with van der Waals surface area (Å²) in [7, 11) is -2.53. The summed E-state index contributed by atoms with van der Waals surface area (Å²) in [6.07, 6.45) is -4.78. The number of ether oxygens (including phenoxy) is 2. The number of nitrogens with one attached hydrogen (secondary N) is 1. The standard InChI is InChI=1S/C20H23F3N2O5S/c1-4-25(5-2)31(27,28)18-12-15(8-11-17(18)29-3)19(26)24-13-14-6-9-16(10-7-14)30-20(21,22)23/h6-12H,4-5,13H2,1-3H3,(H,24,26). The maximum atomic E-state index is 12.9. The SMILES string of the molecule is CCN(CC)S(=O)(=O)c1cc(C(=O)NCc2ccc(OC(F)(F)F)cc2)ccc1OC. The van der Waals surface area contributed by atoms with E-state index in [0.717, 1.165) is 12.1 Å². The normalized spacial score (nSPS) is 12.0. The first-order chi connectivity index (χ1) is 14.5. The number of rotatable bonds is 9. The molecule has 11 heteroatoms. The van der Waals surface area contributed by atoms with Crippen LogP contribution in [-0.2, 0) is 16.6 Å². The molecule has 170 valence electrons. The fourth-order valence-corrected chi connectivity index (χ4v) is 4.46. The minimum Gasteiger partial charge on any atom is -0.495 e. The Morgan fingerprint density at radius 2 is 1.68 bits per heavy atom. The summed E-state index contributed by atoms with van der Waals surface area (Å²) < 4.78 is 72.6. The van der Waals surface area contributed by atoms with Gasteiger partial charge in [0.05, 0.1) is 7.11 Å². The Balaban J connectivity index is 2.17. The number of carbonyl (C=O) groups is 1. The molecule has 0 radical (unpaired) electrons. The van der Waals surface area contributed by atoms with Crippen LogP contribution in [-0.4, -0.2) is 45.2 Å². The molecule has 0 spiro atoms. The molecule has 0 saturated carbocycles. The van der Waals surface area contributed by atoms with Crippen LogP contribution in [0.5, 0.6) is 11.5 Å². The van der Waals surface area contributed by atoms with Crippen molar-refractivity contribution in [2.24, 2.45) is 0 Å². The number of hydrogen-bond donors (Lipinski definition) is 1. The number of sulfonamides is 1. The van der Waals surface area contributed by atoms with Crippen LogP contribution in [0.2, 0.25) is 0 Å². The van der Waals surface area contributed by atoms with E-state index in [4.69, 9.17) is 4.74 Å². The Morgan fingerprint density at radius 3 is 2.19 bits per heavy atom. The molecule has 1 N–H and O–H groups in total. The van der Waals surface area contributed by atoms with Crippen LogP contribution in [0.15, 0.2) is 47.4 Å². The van der Waals surface area contributed by atoms with Gasteiger partial charge < -0.3 is 14.8 Å². The lowest BCUT2D eigenvalue weighted by Gasteiger charge is -2.20. The lowest BCUT2D eigenvalue weighted by atomic mass is 10.2. The number of hydrogen-bond acceptors (Lipinski definition) is 5. The Bertz CT molecular complexity index is 1000. The zero-order valence-corrected chi connectivity index (χ0v) is 18.0. The topological polar surface area (TPSA) is 84.9 Å². The molecule has 0 aliphatic carbocycles. The molecule has 31 heavy (non-hydrogen) atoms. The zero-order chi connectivity index (χ0) is 23.2. The summed E-state index contributed by atoms with van der Waals surface area (Å²) in [5, 5.41) is 2.61. The van der Waals surface area contributed by atoms with E-state index < -0.39 is 22.3 Å². The summed E-state index contributed by atoms with van der Waals surface area (Å²) in [4.78, 5) is 12.4. The Hall–Kier alpha value is -2.79. The monoisotopic (exact) mass is 460 g/mol. The van der Waals surface area contributed by atoms with Crippen molar-refractivity contribution in [3.05, 3.63) is 53.6 Å². The van der Waals surface area contributed by atoms with Gasteiger partial charge in [-0.1, -0.05) is 26.0 Å². The molecule has 2 aromatic rings. The first kappa shape index (κ1) is 24.5. The number of halogens is 3. The van der Waals surface area contributed by atoms with Gasteiger partial charge in [-0.3, -0.25) is 4.79 Å². The van der Waals surface area contributed by atoms with Crippen LogP contribution in [0.3, 0.4) is 0 Å². The molecule has 0 atom stereocenters. The lowest BCUT2D eigenvalue weighted by molar-refractivity contribution is -0.274. The molecular weight excluding hydrogens is 437 g/mol. The molecule has 2 rings (SSSR count). The number of methoxy groups -OCH3 is 1. The predicted molar refractivity (Wildman–Crippen MR) is 107 cm³/mol. The van der Waals surface area contributed by atoms with Crippen LogP contribution in [0.1, 0.15) is 29.8 Å². The third kappa shape index (κ3) is 6.34. The van der Waals surface area contributed by atoms with E-state index in [0.29, 0.717) is 5.56 Å². The molecule has 0 aliphatic rings. The van der Waals surface area contributed by atoms with Gasteiger partial charge in [-0.15, -0.1) is 13.2 Å². The van der Waals surface area contributed by atoms with Crippen LogP contribution < -0.4 is 14.8 Å². The minimum atomic E-state index is -4.78. The highest BCUT2D eigenvalue weighted by Crippen LogP contribution is 2.28. The first-order valence-electron chi connectivity index (χ1n) is 9.32. The highest BCUT2D eigenvalue weighted by Gasteiger charge is 2.31. The summed E-state index contributed by atoms with van der Waals surface area (Å²) in [6, 6.07) is 9.10. The number of nitrogens with zero attached hydrogens (tertiary/aromatic N) is 1. The van der Waals surface area contributed by atoms with Gasteiger partial charge in [-0.25, -0.2) is 8.42 Å². The molecule has 0 unspecified atom stereocenters. The quantitative estimate of drug-likeness (QED) is 0.619. The Kier molecular flexibility index (Phi) is 7.91. The van der Waals surface area contributed by atoms with Crippen molar-refractivity contribution in [3.63, 3.8) is 0 Å². The average molecular weight is 460 g/mol. The molecule has 0 saturated heterocycles. The van der Waals surface area contributed by atoms with E-state index in [-0.39, 0.29) is 41.6 Å². The highest BCUT2D eigenvalue weighted by atomic mass is 32.2. The van der Waals surface area contributed by atoms with Crippen LogP contribution in [0.25, 0.3) is 0 Å². The van der Waals surface area contributed by atoms with Crippen molar-refractivity contribution < 1.29 is 35.9 Å². The van der Waals surface area contributed by atoms with Crippen molar-refractivity contribution in [1.29, 1.82) is 0 Å². The van der Waals surface area contributed by atoms with E-state index in [1.54, 1.807) is 13.8 Å². The first-order valence-corrected chi connectivity index (χ1v) is 10.8. The van der Waals surface area contributed by atoms with Gasteiger partial charge in [0.15, 0.2) is 0 Å². The van der Waals surface area contributed by atoms with Crippen molar-refractivity contribution >= 4 is 15.9 Å². The smallest absolute Gasteiger partial charge is 0.495 e. The molecule has 0 bridgehead atoms. The molecule has 0 aliphatic heterocycles. The minimum absolute atomic E-state index is 0.0231. The fourth-order valence-electron chi connectivity index (χ4n) is 2.82. The summed E-state index contributed by atoms with van der Waals surface area (Å²) in [5.74, 6) is -0.804. The van der Waals surface area contributed by atoms with Gasteiger partial charge in [-0.05, 0) is 35.9 Å². The van der Waals surface area contributed by atoms with Gasteiger partial charge in [-0.2, -0.15) is 4.31 Å². The van der Waals surface area contributed by atoms with Gasteiger partial charge in [0.2, 0.25) is 10.0 Å². The van der Waals surface area contributed by atoms with Crippen molar-refractivity contribution in [1.82, 2.24) is 9.62 Å². The van der Waals surface area contributed by atoms with Gasteiger partial charge in [0, 0.05) is 25.2 Å². The van der Waals surface area contributed by atoms with Crippen LogP contribution in [0.4, 0.5) is 13.2 Å². The van der Waals surface area contributed by atoms with E-state index >= 15 is 0 Å². The second-order valence-corrected chi connectivity index (χ2v) is 8.24. The Morgan fingerprint density at radius 1 is 1.06 bits per heavy atom. The van der Waals surface area contributed by atoms with Gasteiger partial charge >= 0.3 is 6.36 Å². The number of alkyl halides is 3. The highest BCUT2D eigenvalue weighted by molar-refractivity contribution is 7.89. The predicted octanol–water partition coefficient (Wildman–Crippen LogP) is 3.55. The third-order valence-electron chi connectivity index (χ3n) is 4.36. The zero-order valence-electron chi connectivity index (χ0n) is 17.2. The van der Waals surface area contributed by atoms with Crippen LogP contribution >= 0.6 is 0 Å². The van der Waals surface area contributed by atoms with Crippen molar-refractivity contribution in [2.45, 2.75) is 31.7 Å². The largest absolute Gasteiger partial charge is 0.573 e. The molecule has 7 nitrogen and oxygen atoms in total. The van der Waals surface area contributed by atoms with Crippen molar-refractivity contribution in [2.75, 3.05) is 20.2 Å². The number of carbonyl (C=O) groups excluding carboxylic acids is 1. The maximum Gasteiger partial charge on any atom is 0.573 e. The van der Waals surface area contributed by atoms with Gasteiger partial charge in [0.1, 0.15) is 16.4 Å². The number of benzene rings is 2. The third-order valence-corrected chi connectivity index (χ3v) is 6.43. The molecule has 0 aromatic heterocycles. The second kappa shape index (κ2) is 10.0. The molecular formula is C20H23F3N2O5S. The molecule has 1 amide bonds. The molecule has 2 aromatic carbocycles. The summed E-state index contributed by atoms with van der Waals surface area (Å²) >= 11 is 0. The second-order valence-electron chi connectivity index (χ2n) is 6.33.